The molecular weight excluding hydrogens is 324 g/mol. The second-order valence-corrected chi connectivity index (χ2v) is 6.81. The van der Waals surface area contributed by atoms with Crippen molar-refractivity contribution in [3.8, 4) is 0 Å². The topological polar surface area (TPSA) is 65.6 Å². The third-order valence-electron chi connectivity index (χ3n) is 4.47. The minimum atomic E-state index is 0.520. The van der Waals surface area contributed by atoms with E-state index in [1.165, 1.54) is 12.8 Å². The molecule has 2 N–H and O–H groups in total. The van der Waals surface area contributed by atoms with Gasteiger partial charge in [-0.2, -0.15) is 9.97 Å². The highest BCUT2D eigenvalue weighted by atomic mass is 32.1. The Kier molecular flexibility index (Phi) is 5.68. The van der Waals surface area contributed by atoms with E-state index in [-0.39, 0.29) is 0 Å². The predicted molar refractivity (Wildman–Crippen MR) is 101 cm³/mol. The molecule has 0 aliphatic carbocycles. The van der Waals surface area contributed by atoms with Gasteiger partial charge in [0.25, 0.3) is 0 Å². The molecule has 0 amide bonds. The minimum absolute atomic E-state index is 0.520. The van der Waals surface area contributed by atoms with Crippen LogP contribution in [-0.2, 0) is 4.74 Å². The number of morpholine rings is 1. The highest BCUT2D eigenvalue weighted by Gasteiger charge is 2.21. The summed E-state index contributed by atoms with van der Waals surface area (Å²) in [5.74, 6) is 3.14. The summed E-state index contributed by atoms with van der Waals surface area (Å²) in [5.41, 5.74) is 0. The molecule has 132 valence electrons. The zero-order valence-corrected chi connectivity index (χ0v) is 15.2. The first-order valence-corrected chi connectivity index (χ1v) is 9.02. The number of hydrogen-bond donors (Lipinski definition) is 2. The molecule has 2 aliphatic rings. The van der Waals surface area contributed by atoms with E-state index in [1.54, 1.807) is 7.05 Å². The van der Waals surface area contributed by atoms with Crippen LogP contribution in [0, 0.1) is 5.92 Å². The zero-order valence-electron chi connectivity index (χ0n) is 14.4. The number of nitrogens with zero attached hydrogens (tertiary/aromatic N) is 4. The van der Waals surface area contributed by atoms with Gasteiger partial charge in [0.05, 0.1) is 13.2 Å². The number of rotatable bonds is 3. The van der Waals surface area contributed by atoms with Crippen LogP contribution < -0.4 is 20.4 Å². The van der Waals surface area contributed by atoms with E-state index in [9.17, 15) is 0 Å². The number of anilines is 3. The first-order valence-electron chi connectivity index (χ1n) is 8.61. The van der Waals surface area contributed by atoms with Gasteiger partial charge in [0, 0.05) is 39.3 Å². The molecule has 0 radical (unpaired) electrons. The summed E-state index contributed by atoms with van der Waals surface area (Å²) in [5, 5.41) is 6.51. The molecular formula is C16H26N6OS. The number of aromatic nitrogens is 2. The SMILES string of the molecule is CNC(=S)Nc1nc(N2CCOCC2)cc(N2CCC[C@H](C)C2)n1. The Morgan fingerprint density at radius 3 is 2.58 bits per heavy atom. The standard InChI is InChI=1S/C16H26N6OS/c1-12-4-3-5-22(11-12)14-10-13(21-6-8-23-9-7-21)18-15(19-14)20-16(24)17-2/h10,12H,3-9,11H2,1-2H3,(H2,17,18,19,20,24)/t12-/m0/s1. The van der Waals surface area contributed by atoms with Gasteiger partial charge in [0.1, 0.15) is 11.6 Å². The lowest BCUT2D eigenvalue weighted by Gasteiger charge is -2.33. The Labute approximate surface area is 148 Å². The van der Waals surface area contributed by atoms with E-state index in [4.69, 9.17) is 21.9 Å². The molecule has 2 fully saturated rings. The largest absolute Gasteiger partial charge is 0.378 e. The van der Waals surface area contributed by atoms with Crippen molar-refractivity contribution in [1.82, 2.24) is 15.3 Å². The normalized spacial score (nSPS) is 21.5. The van der Waals surface area contributed by atoms with Gasteiger partial charge in [0.2, 0.25) is 5.95 Å². The van der Waals surface area contributed by atoms with Gasteiger partial charge in [-0.05, 0) is 31.0 Å². The number of nitrogens with one attached hydrogen (secondary N) is 2. The van der Waals surface area contributed by atoms with Gasteiger partial charge < -0.3 is 25.2 Å². The fraction of sp³-hybridized carbons (Fsp3) is 0.688. The maximum absolute atomic E-state index is 5.45. The maximum atomic E-state index is 5.45. The van der Waals surface area contributed by atoms with Gasteiger partial charge in [-0.15, -0.1) is 0 Å². The van der Waals surface area contributed by atoms with Crippen LogP contribution in [0.1, 0.15) is 19.8 Å². The maximum Gasteiger partial charge on any atom is 0.232 e. The predicted octanol–water partition coefficient (Wildman–Crippen LogP) is 1.47. The van der Waals surface area contributed by atoms with Gasteiger partial charge in [0.15, 0.2) is 5.11 Å². The first-order chi connectivity index (χ1) is 11.7. The molecule has 8 heteroatoms. The molecule has 0 bridgehead atoms. The van der Waals surface area contributed by atoms with Gasteiger partial charge in [-0.3, -0.25) is 0 Å². The summed E-state index contributed by atoms with van der Waals surface area (Å²) in [6.45, 7) is 7.54. The van der Waals surface area contributed by atoms with Crippen LogP contribution in [0.15, 0.2) is 6.07 Å². The quantitative estimate of drug-likeness (QED) is 0.795. The van der Waals surface area contributed by atoms with Gasteiger partial charge in [-0.25, -0.2) is 0 Å². The van der Waals surface area contributed by atoms with Crippen LogP contribution in [0.4, 0.5) is 17.6 Å². The van der Waals surface area contributed by atoms with Crippen LogP contribution in [-0.4, -0.2) is 61.5 Å². The van der Waals surface area contributed by atoms with E-state index in [2.05, 4.69) is 38.4 Å². The van der Waals surface area contributed by atoms with Crippen LogP contribution in [0.25, 0.3) is 0 Å². The molecule has 24 heavy (non-hydrogen) atoms. The lowest BCUT2D eigenvalue weighted by Crippen LogP contribution is -2.38. The average Bonchev–Trinajstić information content (AvgIpc) is 2.62. The van der Waals surface area contributed by atoms with Crippen molar-refractivity contribution in [2.45, 2.75) is 19.8 Å². The second kappa shape index (κ2) is 7.94. The minimum Gasteiger partial charge on any atom is -0.378 e. The fourth-order valence-corrected chi connectivity index (χ4v) is 3.25. The summed E-state index contributed by atoms with van der Waals surface area (Å²) < 4.78 is 5.45. The molecule has 2 aliphatic heterocycles. The van der Waals surface area contributed by atoms with Crippen LogP contribution >= 0.6 is 12.2 Å². The molecule has 0 spiro atoms. The van der Waals surface area contributed by atoms with E-state index in [0.717, 1.165) is 51.0 Å². The second-order valence-electron chi connectivity index (χ2n) is 6.40. The zero-order chi connectivity index (χ0) is 16.9. The molecule has 0 unspecified atom stereocenters. The molecule has 7 nitrogen and oxygen atoms in total. The molecule has 3 heterocycles. The lowest BCUT2D eigenvalue weighted by atomic mass is 10.0. The molecule has 1 aromatic heterocycles. The Balaban J connectivity index is 1.87. The van der Waals surface area contributed by atoms with Crippen molar-refractivity contribution >= 4 is 34.9 Å². The molecule has 1 atom stereocenters. The third-order valence-corrected chi connectivity index (χ3v) is 4.77. The van der Waals surface area contributed by atoms with Crippen LogP contribution in [0.5, 0.6) is 0 Å². The molecule has 0 aromatic carbocycles. The molecule has 2 saturated heterocycles. The molecule has 3 rings (SSSR count). The summed E-state index contributed by atoms with van der Waals surface area (Å²) in [7, 11) is 1.79. The summed E-state index contributed by atoms with van der Waals surface area (Å²) in [6, 6.07) is 2.09. The third kappa shape index (κ3) is 4.24. The Bertz CT molecular complexity index is 578. The van der Waals surface area contributed by atoms with Gasteiger partial charge >= 0.3 is 0 Å². The lowest BCUT2D eigenvalue weighted by molar-refractivity contribution is 0.122. The number of thiocarbonyl (C=S) groups is 1. The summed E-state index contributed by atoms with van der Waals surface area (Å²) in [6.07, 6.45) is 2.49. The number of hydrogen-bond acceptors (Lipinski definition) is 6. The summed E-state index contributed by atoms with van der Waals surface area (Å²) in [4.78, 5) is 13.9. The van der Waals surface area contributed by atoms with E-state index in [1.807, 2.05) is 0 Å². The van der Waals surface area contributed by atoms with Crippen molar-refractivity contribution in [1.29, 1.82) is 0 Å². The Hall–Kier alpha value is -1.67. The Morgan fingerprint density at radius 1 is 1.21 bits per heavy atom. The van der Waals surface area contributed by atoms with Crippen molar-refractivity contribution in [3.63, 3.8) is 0 Å². The van der Waals surface area contributed by atoms with Gasteiger partial charge in [-0.1, -0.05) is 6.92 Å². The average molecular weight is 350 g/mol. The first kappa shape index (κ1) is 17.2. The van der Waals surface area contributed by atoms with Crippen molar-refractivity contribution in [2.24, 2.45) is 5.92 Å². The fourth-order valence-electron chi connectivity index (χ4n) is 3.16. The molecule has 1 aromatic rings. The monoisotopic (exact) mass is 350 g/mol. The van der Waals surface area contributed by atoms with Crippen molar-refractivity contribution < 1.29 is 4.74 Å². The van der Waals surface area contributed by atoms with Crippen molar-refractivity contribution in [2.75, 3.05) is 61.6 Å². The molecule has 0 saturated carbocycles. The van der Waals surface area contributed by atoms with Crippen molar-refractivity contribution in [3.05, 3.63) is 6.07 Å². The smallest absolute Gasteiger partial charge is 0.232 e. The number of piperidine rings is 1. The number of ether oxygens (including phenoxy) is 1. The van der Waals surface area contributed by atoms with Crippen LogP contribution in [0.3, 0.4) is 0 Å². The summed E-state index contributed by atoms with van der Waals surface area (Å²) >= 11 is 5.21. The van der Waals surface area contributed by atoms with E-state index < -0.39 is 0 Å². The van der Waals surface area contributed by atoms with Crippen LogP contribution in [0.2, 0.25) is 0 Å². The highest BCUT2D eigenvalue weighted by Crippen LogP contribution is 2.26. The Morgan fingerprint density at radius 2 is 1.92 bits per heavy atom. The van der Waals surface area contributed by atoms with E-state index in [0.29, 0.717) is 17.0 Å². The van der Waals surface area contributed by atoms with E-state index >= 15 is 0 Å². The highest BCUT2D eigenvalue weighted by molar-refractivity contribution is 7.80.